The fourth-order valence-electron chi connectivity index (χ4n) is 0.932. The van der Waals surface area contributed by atoms with Crippen molar-refractivity contribution in [3.8, 4) is 17.6 Å². The lowest BCUT2D eigenvalue weighted by molar-refractivity contribution is -0.107. The minimum absolute atomic E-state index is 0.262. The van der Waals surface area contributed by atoms with Crippen LogP contribution in [0.5, 0.6) is 5.75 Å². The highest BCUT2D eigenvalue weighted by Gasteiger charge is 1.98. The summed E-state index contributed by atoms with van der Waals surface area (Å²) in [5, 5.41) is 0. The highest BCUT2D eigenvalue weighted by atomic mass is 79.9. The number of aldehydes is 1. The van der Waals surface area contributed by atoms with E-state index >= 15 is 0 Å². The standard InChI is InChI=1S/C11H9BrO2/c1-14-11-8-9(4-2-3-7-13)5-6-10(11)12/h5-8H,3H2,1H3. The zero-order valence-electron chi connectivity index (χ0n) is 7.71. The van der Waals surface area contributed by atoms with E-state index in [-0.39, 0.29) is 6.42 Å². The fourth-order valence-corrected chi connectivity index (χ4v) is 1.34. The van der Waals surface area contributed by atoms with Gasteiger partial charge in [0.25, 0.3) is 0 Å². The maximum Gasteiger partial charge on any atom is 0.134 e. The van der Waals surface area contributed by atoms with Gasteiger partial charge >= 0.3 is 0 Å². The van der Waals surface area contributed by atoms with E-state index < -0.39 is 0 Å². The largest absolute Gasteiger partial charge is 0.496 e. The molecular formula is C11H9BrO2. The van der Waals surface area contributed by atoms with Gasteiger partial charge in [-0.05, 0) is 34.1 Å². The molecule has 1 rings (SSSR count). The van der Waals surface area contributed by atoms with Crippen molar-refractivity contribution in [2.24, 2.45) is 0 Å². The van der Waals surface area contributed by atoms with Crippen molar-refractivity contribution in [3.63, 3.8) is 0 Å². The van der Waals surface area contributed by atoms with Gasteiger partial charge in [0.1, 0.15) is 12.0 Å². The number of rotatable bonds is 2. The van der Waals surface area contributed by atoms with Crippen LogP contribution in [0.1, 0.15) is 12.0 Å². The number of benzene rings is 1. The van der Waals surface area contributed by atoms with Crippen LogP contribution in [0.2, 0.25) is 0 Å². The van der Waals surface area contributed by atoms with Gasteiger partial charge < -0.3 is 9.53 Å². The third-order valence-electron chi connectivity index (χ3n) is 1.57. The van der Waals surface area contributed by atoms with Gasteiger partial charge in [0.15, 0.2) is 0 Å². The topological polar surface area (TPSA) is 26.3 Å². The molecule has 0 N–H and O–H groups in total. The van der Waals surface area contributed by atoms with Gasteiger partial charge in [-0.2, -0.15) is 0 Å². The summed E-state index contributed by atoms with van der Waals surface area (Å²) in [5.74, 6) is 6.34. The number of ether oxygens (including phenoxy) is 1. The molecule has 0 saturated heterocycles. The molecule has 1 aromatic carbocycles. The Kier molecular flexibility index (Phi) is 4.21. The molecule has 72 valence electrons. The molecule has 14 heavy (non-hydrogen) atoms. The van der Waals surface area contributed by atoms with Gasteiger partial charge in [0, 0.05) is 5.56 Å². The Balaban J connectivity index is 2.91. The SMILES string of the molecule is COc1cc(C#CCC=O)ccc1Br. The summed E-state index contributed by atoms with van der Waals surface area (Å²) in [6, 6.07) is 5.55. The molecular weight excluding hydrogens is 244 g/mol. The maximum atomic E-state index is 10.0. The van der Waals surface area contributed by atoms with Gasteiger partial charge in [0.05, 0.1) is 18.0 Å². The lowest BCUT2D eigenvalue weighted by Crippen LogP contribution is -1.85. The summed E-state index contributed by atoms with van der Waals surface area (Å²) in [5.41, 5.74) is 0.840. The smallest absolute Gasteiger partial charge is 0.134 e. The van der Waals surface area contributed by atoms with Crippen LogP contribution >= 0.6 is 15.9 Å². The average molecular weight is 253 g/mol. The number of halogens is 1. The van der Waals surface area contributed by atoms with Crippen molar-refractivity contribution in [1.29, 1.82) is 0 Å². The predicted octanol–water partition coefficient (Wildman–Crippen LogP) is 2.40. The Labute approximate surface area is 91.4 Å². The van der Waals surface area contributed by atoms with E-state index in [0.717, 1.165) is 22.1 Å². The zero-order valence-corrected chi connectivity index (χ0v) is 9.30. The summed E-state index contributed by atoms with van der Waals surface area (Å²) in [7, 11) is 1.60. The number of hydrogen-bond acceptors (Lipinski definition) is 2. The molecule has 0 unspecified atom stereocenters. The molecule has 0 fully saturated rings. The van der Waals surface area contributed by atoms with Crippen LogP contribution < -0.4 is 4.74 Å². The molecule has 0 saturated carbocycles. The first-order valence-corrected chi connectivity index (χ1v) is 4.83. The summed E-state index contributed by atoms with van der Waals surface area (Å²) >= 11 is 3.34. The van der Waals surface area contributed by atoms with Crippen molar-refractivity contribution in [2.45, 2.75) is 6.42 Å². The molecule has 0 atom stereocenters. The van der Waals surface area contributed by atoms with Crippen LogP contribution in [0.4, 0.5) is 0 Å². The molecule has 0 aliphatic rings. The molecule has 0 amide bonds. The van der Waals surface area contributed by atoms with Crippen LogP contribution in [0.25, 0.3) is 0 Å². The van der Waals surface area contributed by atoms with E-state index in [0.29, 0.717) is 0 Å². The van der Waals surface area contributed by atoms with Gasteiger partial charge in [-0.15, -0.1) is 0 Å². The van der Waals surface area contributed by atoms with E-state index in [1.807, 2.05) is 18.2 Å². The summed E-state index contributed by atoms with van der Waals surface area (Å²) < 4.78 is 6.00. The first kappa shape index (κ1) is 10.8. The Hall–Kier alpha value is -1.27. The van der Waals surface area contributed by atoms with Crippen LogP contribution in [0.15, 0.2) is 22.7 Å². The van der Waals surface area contributed by atoms with Crippen LogP contribution in [-0.4, -0.2) is 13.4 Å². The summed E-state index contributed by atoms with van der Waals surface area (Å²) in [6.45, 7) is 0. The third kappa shape index (κ3) is 2.90. The molecule has 0 bridgehead atoms. The Morgan fingerprint density at radius 2 is 2.36 bits per heavy atom. The van der Waals surface area contributed by atoms with Gasteiger partial charge in [-0.25, -0.2) is 0 Å². The highest BCUT2D eigenvalue weighted by Crippen LogP contribution is 2.25. The van der Waals surface area contributed by atoms with Gasteiger partial charge in [0.2, 0.25) is 0 Å². The lowest BCUT2D eigenvalue weighted by Gasteiger charge is -2.02. The van der Waals surface area contributed by atoms with E-state index in [1.165, 1.54) is 0 Å². The second-order valence-corrected chi connectivity index (χ2v) is 3.38. The van der Waals surface area contributed by atoms with Gasteiger partial charge in [-0.3, -0.25) is 0 Å². The predicted molar refractivity (Wildman–Crippen MR) is 58.3 cm³/mol. The minimum atomic E-state index is 0.262. The zero-order chi connectivity index (χ0) is 10.4. The van der Waals surface area contributed by atoms with Crippen LogP contribution in [-0.2, 0) is 4.79 Å². The monoisotopic (exact) mass is 252 g/mol. The first-order valence-electron chi connectivity index (χ1n) is 4.04. The summed E-state index contributed by atoms with van der Waals surface area (Å²) in [6.07, 6.45) is 1.04. The maximum absolute atomic E-state index is 10.0. The Bertz CT molecular complexity index is 388. The summed E-state index contributed by atoms with van der Waals surface area (Å²) in [4.78, 5) is 10.0. The molecule has 2 nitrogen and oxygen atoms in total. The van der Waals surface area contributed by atoms with Crippen molar-refractivity contribution >= 4 is 22.2 Å². The van der Waals surface area contributed by atoms with Crippen molar-refractivity contribution < 1.29 is 9.53 Å². The Morgan fingerprint density at radius 1 is 1.57 bits per heavy atom. The molecule has 0 aliphatic heterocycles. The third-order valence-corrected chi connectivity index (χ3v) is 2.22. The number of hydrogen-bond donors (Lipinski definition) is 0. The van der Waals surface area contributed by atoms with E-state index in [9.17, 15) is 4.79 Å². The lowest BCUT2D eigenvalue weighted by atomic mass is 10.2. The van der Waals surface area contributed by atoms with Crippen molar-refractivity contribution in [3.05, 3.63) is 28.2 Å². The normalized spacial score (nSPS) is 8.71. The molecule has 0 heterocycles. The first-order chi connectivity index (χ1) is 6.77. The fraction of sp³-hybridized carbons (Fsp3) is 0.182. The van der Waals surface area contributed by atoms with Crippen LogP contribution in [0.3, 0.4) is 0 Å². The quantitative estimate of drug-likeness (QED) is 0.597. The van der Waals surface area contributed by atoms with E-state index in [4.69, 9.17) is 4.74 Å². The van der Waals surface area contributed by atoms with E-state index in [1.54, 1.807) is 7.11 Å². The van der Waals surface area contributed by atoms with Gasteiger partial charge in [-0.1, -0.05) is 11.8 Å². The molecule has 1 aromatic rings. The van der Waals surface area contributed by atoms with Crippen molar-refractivity contribution in [2.75, 3.05) is 7.11 Å². The second-order valence-electron chi connectivity index (χ2n) is 2.52. The average Bonchev–Trinajstić information content (AvgIpc) is 2.21. The molecule has 0 aliphatic carbocycles. The number of carbonyl (C=O) groups excluding carboxylic acids is 1. The Morgan fingerprint density at radius 3 is 3.00 bits per heavy atom. The molecule has 3 heteroatoms. The molecule has 0 aromatic heterocycles. The highest BCUT2D eigenvalue weighted by molar-refractivity contribution is 9.10. The number of methoxy groups -OCH3 is 1. The van der Waals surface area contributed by atoms with Crippen LogP contribution in [0, 0.1) is 11.8 Å². The van der Waals surface area contributed by atoms with E-state index in [2.05, 4.69) is 27.8 Å². The van der Waals surface area contributed by atoms with Crippen molar-refractivity contribution in [1.82, 2.24) is 0 Å². The second kappa shape index (κ2) is 5.46. The molecule has 0 spiro atoms. The number of carbonyl (C=O) groups is 1. The minimum Gasteiger partial charge on any atom is -0.496 e. The molecule has 0 radical (unpaired) electrons.